The summed E-state index contributed by atoms with van der Waals surface area (Å²) >= 11 is 0. The zero-order valence-electron chi connectivity index (χ0n) is 20.1. The number of piperidine rings is 1. The molecule has 2 heterocycles. The molecule has 6 nitrogen and oxygen atoms in total. The van der Waals surface area contributed by atoms with Crippen molar-refractivity contribution in [3.63, 3.8) is 0 Å². The van der Waals surface area contributed by atoms with E-state index in [0.29, 0.717) is 31.2 Å². The van der Waals surface area contributed by atoms with E-state index in [2.05, 4.69) is 23.9 Å². The van der Waals surface area contributed by atoms with Gasteiger partial charge in [-0.3, -0.25) is 4.79 Å². The highest BCUT2D eigenvalue weighted by molar-refractivity contribution is 7.88. The lowest BCUT2D eigenvalue weighted by Crippen LogP contribution is -2.59. The maximum absolute atomic E-state index is 14.6. The van der Waals surface area contributed by atoms with Crippen molar-refractivity contribution < 1.29 is 17.6 Å². The fraction of sp³-hybridized carbons (Fsp3) is 0.720. The van der Waals surface area contributed by atoms with Gasteiger partial charge in [-0.1, -0.05) is 19.9 Å². The first kappa shape index (κ1) is 24.6. The summed E-state index contributed by atoms with van der Waals surface area (Å²) in [5.41, 5.74) is 1.26. The topological polar surface area (TPSA) is 78.5 Å². The van der Waals surface area contributed by atoms with Crippen LogP contribution in [0, 0.1) is 23.6 Å². The molecule has 1 aromatic rings. The number of carbonyl (C=O) groups is 1. The van der Waals surface area contributed by atoms with E-state index in [9.17, 15) is 17.6 Å². The molecule has 1 amide bonds. The first-order chi connectivity index (χ1) is 15.6. The second-order valence-electron chi connectivity index (χ2n) is 10.6. The van der Waals surface area contributed by atoms with E-state index in [4.69, 9.17) is 0 Å². The molecule has 4 rings (SSSR count). The van der Waals surface area contributed by atoms with Crippen molar-refractivity contribution in [2.45, 2.75) is 63.8 Å². The molecule has 1 spiro atoms. The standard InChI is InChI=1S/C25H38FN3O3S/c1-17(2)18-4-6-19(7-5-18)23-21-16-20(26)8-9-22(21)25(10-12-27-13-11-25)24(30)29(23)15-14-28-33(3,31)32/h8-9,16-19,23,27-28H,4-7,10-15H2,1-3H3. The third-order valence-electron chi connectivity index (χ3n) is 8.23. The number of sulfonamides is 1. The van der Waals surface area contributed by atoms with Crippen LogP contribution in [0.1, 0.15) is 69.5 Å². The van der Waals surface area contributed by atoms with Crippen molar-refractivity contribution in [1.82, 2.24) is 14.9 Å². The van der Waals surface area contributed by atoms with Gasteiger partial charge in [-0.05, 0) is 92.6 Å². The highest BCUT2D eigenvalue weighted by Crippen LogP contribution is 2.51. The normalized spacial score (nSPS) is 27.7. The van der Waals surface area contributed by atoms with E-state index in [1.165, 1.54) is 6.07 Å². The molecular formula is C25H38FN3O3S. The lowest BCUT2D eigenvalue weighted by atomic mass is 9.63. The van der Waals surface area contributed by atoms with Crippen LogP contribution in [0.3, 0.4) is 0 Å². The largest absolute Gasteiger partial charge is 0.333 e. The van der Waals surface area contributed by atoms with E-state index in [1.54, 1.807) is 6.07 Å². The Balaban J connectivity index is 1.73. The van der Waals surface area contributed by atoms with E-state index >= 15 is 0 Å². The molecule has 1 saturated carbocycles. The number of rotatable bonds is 6. The summed E-state index contributed by atoms with van der Waals surface area (Å²) in [5.74, 6) is 1.37. The van der Waals surface area contributed by atoms with Crippen molar-refractivity contribution in [2.24, 2.45) is 17.8 Å². The zero-order chi connectivity index (χ0) is 23.8. The van der Waals surface area contributed by atoms with Gasteiger partial charge < -0.3 is 10.2 Å². The van der Waals surface area contributed by atoms with Crippen molar-refractivity contribution in [1.29, 1.82) is 0 Å². The molecule has 1 aromatic carbocycles. The lowest BCUT2D eigenvalue weighted by molar-refractivity contribution is -0.145. The van der Waals surface area contributed by atoms with Crippen molar-refractivity contribution in [3.05, 3.63) is 35.1 Å². The number of amides is 1. The van der Waals surface area contributed by atoms with Gasteiger partial charge in [0.1, 0.15) is 5.82 Å². The van der Waals surface area contributed by atoms with E-state index in [0.717, 1.165) is 56.2 Å². The molecular weight excluding hydrogens is 441 g/mol. The van der Waals surface area contributed by atoms with Crippen LogP contribution >= 0.6 is 0 Å². The Morgan fingerprint density at radius 3 is 2.45 bits per heavy atom. The maximum Gasteiger partial charge on any atom is 0.233 e. The number of halogens is 1. The predicted molar refractivity (Wildman–Crippen MR) is 128 cm³/mol. The zero-order valence-corrected chi connectivity index (χ0v) is 20.9. The number of carbonyl (C=O) groups excluding carboxylic acids is 1. The second kappa shape index (κ2) is 9.62. The molecule has 33 heavy (non-hydrogen) atoms. The Bertz CT molecular complexity index is 967. The quantitative estimate of drug-likeness (QED) is 0.656. The molecule has 1 atom stereocenters. The minimum absolute atomic E-state index is 0.0781. The van der Waals surface area contributed by atoms with E-state index in [-0.39, 0.29) is 30.2 Å². The molecule has 2 aliphatic heterocycles. The molecule has 1 aliphatic carbocycles. The highest BCUT2D eigenvalue weighted by atomic mass is 32.2. The first-order valence-electron chi connectivity index (χ1n) is 12.4. The van der Waals surface area contributed by atoms with Crippen LogP contribution in [0.5, 0.6) is 0 Å². The molecule has 1 unspecified atom stereocenters. The van der Waals surface area contributed by atoms with Gasteiger partial charge in [-0.2, -0.15) is 0 Å². The summed E-state index contributed by atoms with van der Waals surface area (Å²) in [5, 5.41) is 3.35. The summed E-state index contributed by atoms with van der Waals surface area (Å²) in [6.45, 7) is 6.48. The fourth-order valence-corrected chi connectivity index (χ4v) is 6.93. The fourth-order valence-electron chi connectivity index (χ4n) is 6.46. The Kier molecular flexibility index (Phi) is 7.18. The summed E-state index contributed by atoms with van der Waals surface area (Å²) < 4.78 is 40.5. The first-order valence-corrected chi connectivity index (χ1v) is 14.3. The van der Waals surface area contributed by atoms with E-state index in [1.807, 2.05) is 11.0 Å². The summed E-state index contributed by atoms with van der Waals surface area (Å²) in [4.78, 5) is 16.1. The SMILES string of the molecule is CC(C)C1CCC(C2c3cc(F)ccc3C3(CCNCC3)C(=O)N2CCNS(C)(=O)=O)CC1. The molecule has 2 fully saturated rings. The molecule has 184 valence electrons. The van der Waals surface area contributed by atoms with Gasteiger partial charge in [0.2, 0.25) is 15.9 Å². The molecule has 0 aromatic heterocycles. The second-order valence-corrected chi connectivity index (χ2v) is 12.4. The third kappa shape index (κ3) is 4.98. The molecule has 0 radical (unpaired) electrons. The Hall–Kier alpha value is -1.51. The van der Waals surface area contributed by atoms with Gasteiger partial charge in [-0.25, -0.2) is 17.5 Å². The van der Waals surface area contributed by atoms with Crippen LogP contribution in [0.2, 0.25) is 0 Å². The molecule has 3 aliphatic rings. The molecule has 2 N–H and O–H groups in total. The number of nitrogens with zero attached hydrogens (tertiary/aromatic N) is 1. The Morgan fingerprint density at radius 2 is 1.85 bits per heavy atom. The average molecular weight is 480 g/mol. The predicted octanol–water partition coefficient (Wildman–Crippen LogP) is 3.34. The number of nitrogens with one attached hydrogen (secondary N) is 2. The molecule has 1 saturated heterocycles. The minimum atomic E-state index is -3.36. The van der Waals surface area contributed by atoms with Crippen molar-refractivity contribution >= 4 is 15.9 Å². The van der Waals surface area contributed by atoms with E-state index < -0.39 is 15.4 Å². The van der Waals surface area contributed by atoms with Gasteiger partial charge in [-0.15, -0.1) is 0 Å². The van der Waals surface area contributed by atoms with Crippen LogP contribution in [-0.2, 0) is 20.2 Å². The molecule has 8 heteroatoms. The van der Waals surface area contributed by atoms with Crippen LogP contribution in [0.25, 0.3) is 0 Å². The van der Waals surface area contributed by atoms with Crippen LogP contribution < -0.4 is 10.0 Å². The number of hydrogen-bond acceptors (Lipinski definition) is 4. The summed E-state index contributed by atoms with van der Waals surface area (Å²) in [6, 6.07) is 4.76. The van der Waals surface area contributed by atoms with Gasteiger partial charge in [0.15, 0.2) is 0 Å². The number of fused-ring (bicyclic) bond motifs is 2. The Labute approximate surface area is 197 Å². The van der Waals surface area contributed by atoms with Crippen LogP contribution in [0.4, 0.5) is 4.39 Å². The number of benzene rings is 1. The lowest BCUT2D eigenvalue weighted by Gasteiger charge is -2.52. The molecule has 0 bridgehead atoms. The van der Waals surface area contributed by atoms with Crippen molar-refractivity contribution in [3.8, 4) is 0 Å². The Morgan fingerprint density at radius 1 is 1.18 bits per heavy atom. The third-order valence-corrected chi connectivity index (χ3v) is 8.96. The van der Waals surface area contributed by atoms with Crippen LogP contribution in [0.15, 0.2) is 18.2 Å². The number of hydrogen-bond donors (Lipinski definition) is 2. The smallest absolute Gasteiger partial charge is 0.233 e. The van der Waals surface area contributed by atoms with Crippen LogP contribution in [-0.4, -0.2) is 51.7 Å². The van der Waals surface area contributed by atoms with Gasteiger partial charge in [0.05, 0.1) is 17.7 Å². The van der Waals surface area contributed by atoms with Crippen molar-refractivity contribution in [2.75, 3.05) is 32.4 Å². The van der Waals surface area contributed by atoms with Gasteiger partial charge in [0.25, 0.3) is 0 Å². The summed E-state index contributed by atoms with van der Waals surface area (Å²) in [6.07, 6.45) is 6.71. The van der Waals surface area contributed by atoms with Gasteiger partial charge in [0, 0.05) is 13.1 Å². The summed E-state index contributed by atoms with van der Waals surface area (Å²) in [7, 11) is -3.36. The monoisotopic (exact) mass is 479 g/mol. The minimum Gasteiger partial charge on any atom is -0.333 e. The maximum atomic E-state index is 14.6. The highest BCUT2D eigenvalue weighted by Gasteiger charge is 2.52. The van der Waals surface area contributed by atoms with Gasteiger partial charge >= 0.3 is 0 Å². The average Bonchev–Trinajstić information content (AvgIpc) is 2.77.